The maximum Gasteiger partial charge on any atom is 0.264 e. The summed E-state index contributed by atoms with van der Waals surface area (Å²) in [5.74, 6) is 1.58. The van der Waals surface area contributed by atoms with Gasteiger partial charge in [0.2, 0.25) is 0 Å². The lowest BCUT2D eigenvalue weighted by Crippen LogP contribution is -2.28. The Morgan fingerprint density at radius 1 is 0.581 bits per heavy atom. The lowest BCUT2D eigenvalue weighted by Gasteiger charge is -2.23. The zero-order valence-electron chi connectivity index (χ0n) is 23.6. The van der Waals surface area contributed by atoms with Gasteiger partial charge in [-0.2, -0.15) is 0 Å². The quantitative estimate of drug-likeness (QED) is 0.304. The van der Waals surface area contributed by atoms with Crippen LogP contribution in [0.4, 0.5) is 11.4 Å². The van der Waals surface area contributed by atoms with Crippen molar-refractivity contribution in [3.05, 3.63) is 96.1 Å². The second-order valence-electron chi connectivity index (χ2n) is 9.96. The molecule has 224 valence electrons. The van der Waals surface area contributed by atoms with Crippen LogP contribution >= 0.6 is 12.4 Å². The summed E-state index contributed by atoms with van der Waals surface area (Å²) in [6.45, 7) is 2.97. The second kappa shape index (κ2) is 11.9. The molecule has 2 N–H and O–H groups in total. The molecule has 4 aromatic rings. The summed E-state index contributed by atoms with van der Waals surface area (Å²) in [6, 6.07) is 23.6. The predicted octanol–water partition coefficient (Wildman–Crippen LogP) is 3.61. The summed E-state index contributed by atoms with van der Waals surface area (Å²) in [6.07, 6.45) is 0. The maximum absolute atomic E-state index is 13.9. The summed E-state index contributed by atoms with van der Waals surface area (Å²) >= 11 is 0. The molecule has 0 radical (unpaired) electrons. The van der Waals surface area contributed by atoms with E-state index in [1.807, 2.05) is 24.3 Å². The minimum atomic E-state index is -4.04. The molecule has 2 aliphatic heterocycles. The summed E-state index contributed by atoms with van der Waals surface area (Å²) in [5, 5.41) is 7.05. The number of anilines is 2. The third-order valence-corrected chi connectivity index (χ3v) is 11.2. The van der Waals surface area contributed by atoms with Gasteiger partial charge < -0.3 is 10.6 Å². The number of hydrogen-bond acceptors (Lipinski definition) is 8. The van der Waals surface area contributed by atoms with Crippen LogP contribution in [-0.4, -0.2) is 68.8 Å². The highest BCUT2D eigenvalue weighted by molar-refractivity contribution is 7.93. The van der Waals surface area contributed by atoms with E-state index >= 15 is 0 Å². The summed E-state index contributed by atoms with van der Waals surface area (Å²) in [7, 11) is -5.10. The third kappa shape index (κ3) is 5.53. The highest BCUT2D eigenvalue weighted by atomic mass is 35.5. The maximum atomic E-state index is 13.9. The molecular formula is C30H31ClN6O4S2. The van der Waals surface area contributed by atoms with Crippen LogP contribution in [0.15, 0.2) is 105 Å². The molecule has 0 saturated carbocycles. The van der Waals surface area contributed by atoms with Crippen molar-refractivity contribution < 1.29 is 16.8 Å². The van der Waals surface area contributed by atoms with Crippen LogP contribution in [0.1, 0.15) is 11.1 Å². The molecule has 0 amide bonds. The van der Waals surface area contributed by atoms with Gasteiger partial charge in [0.05, 0.1) is 34.3 Å². The van der Waals surface area contributed by atoms with E-state index in [-0.39, 0.29) is 22.2 Å². The molecule has 0 aliphatic carbocycles. The first-order valence-corrected chi connectivity index (χ1v) is 16.3. The van der Waals surface area contributed by atoms with Gasteiger partial charge in [0.15, 0.2) is 0 Å². The molecule has 0 bridgehead atoms. The number of hydrogen-bond donors (Lipinski definition) is 2. The molecule has 0 spiro atoms. The lowest BCUT2D eigenvalue weighted by atomic mass is 10.1. The number of halogens is 1. The molecule has 0 saturated heterocycles. The molecular weight excluding hydrogens is 608 g/mol. The van der Waals surface area contributed by atoms with Gasteiger partial charge in [0.25, 0.3) is 20.0 Å². The van der Waals surface area contributed by atoms with Crippen LogP contribution in [0.2, 0.25) is 0 Å². The summed E-state index contributed by atoms with van der Waals surface area (Å²) in [5.41, 5.74) is 2.70. The number of nitrogens with zero attached hydrogens (tertiary/aromatic N) is 4. The van der Waals surface area contributed by atoms with E-state index in [9.17, 15) is 16.8 Å². The van der Waals surface area contributed by atoms with Crippen molar-refractivity contribution in [3.8, 4) is 0 Å². The van der Waals surface area contributed by atoms with Crippen molar-refractivity contribution in [1.29, 1.82) is 0 Å². The van der Waals surface area contributed by atoms with Crippen molar-refractivity contribution >= 4 is 66.3 Å². The third-order valence-electron chi connectivity index (χ3n) is 7.48. The first-order chi connectivity index (χ1) is 20.2. The monoisotopic (exact) mass is 638 g/mol. The molecule has 0 unspecified atom stereocenters. The summed E-state index contributed by atoms with van der Waals surface area (Å²) in [4.78, 5) is 8.84. The topological polar surface area (TPSA) is 124 Å². The van der Waals surface area contributed by atoms with E-state index in [0.717, 1.165) is 35.9 Å². The van der Waals surface area contributed by atoms with Gasteiger partial charge in [-0.1, -0.05) is 24.3 Å². The molecule has 0 aromatic heterocycles. The summed E-state index contributed by atoms with van der Waals surface area (Å²) < 4.78 is 57.8. The fraction of sp³-hybridized carbons (Fsp3) is 0.200. The average molecular weight is 639 g/mol. The van der Waals surface area contributed by atoms with Crippen LogP contribution in [0.5, 0.6) is 0 Å². The van der Waals surface area contributed by atoms with Crippen molar-refractivity contribution in [2.45, 2.75) is 9.79 Å². The Morgan fingerprint density at radius 2 is 0.953 bits per heavy atom. The number of benzene rings is 4. The second-order valence-corrected chi connectivity index (χ2v) is 13.8. The molecule has 0 fully saturated rings. The van der Waals surface area contributed by atoms with E-state index in [4.69, 9.17) is 0 Å². The van der Waals surface area contributed by atoms with Crippen molar-refractivity contribution in [2.24, 2.45) is 9.98 Å². The van der Waals surface area contributed by atoms with Crippen molar-refractivity contribution in [2.75, 3.05) is 48.9 Å². The van der Waals surface area contributed by atoms with Gasteiger partial charge in [-0.3, -0.25) is 18.6 Å². The highest BCUT2D eigenvalue weighted by Gasteiger charge is 2.28. The minimum absolute atomic E-state index is 0. The first-order valence-electron chi connectivity index (χ1n) is 13.4. The van der Waals surface area contributed by atoms with Gasteiger partial charge in [-0.05, 0) is 60.7 Å². The van der Waals surface area contributed by atoms with Gasteiger partial charge in [0.1, 0.15) is 11.7 Å². The molecule has 10 nitrogen and oxygen atoms in total. The van der Waals surface area contributed by atoms with E-state index < -0.39 is 20.0 Å². The number of sulfonamides is 2. The SMILES string of the molecule is CN(c1ccc(C2=NCCN2)cc1)S(=O)(=O)c1cccc2c(S(=O)(=O)N(C)c3ccc(C4=NCCN4)cc3)cccc12.Cl. The van der Waals surface area contributed by atoms with Crippen LogP contribution in [0.3, 0.4) is 0 Å². The molecule has 4 aromatic carbocycles. The Hall–Kier alpha value is -4.13. The van der Waals surface area contributed by atoms with Crippen LogP contribution in [0.25, 0.3) is 10.8 Å². The van der Waals surface area contributed by atoms with Crippen LogP contribution in [-0.2, 0) is 20.0 Å². The van der Waals surface area contributed by atoms with Crippen molar-refractivity contribution in [1.82, 2.24) is 10.6 Å². The fourth-order valence-corrected chi connectivity index (χ4v) is 7.92. The Morgan fingerprint density at radius 3 is 1.28 bits per heavy atom. The van der Waals surface area contributed by atoms with Gasteiger partial charge in [-0.25, -0.2) is 16.8 Å². The molecule has 6 rings (SSSR count). The Bertz CT molecular complexity index is 1800. The zero-order valence-corrected chi connectivity index (χ0v) is 26.0. The highest BCUT2D eigenvalue weighted by Crippen LogP contribution is 2.33. The standard InChI is InChI=1S/C30H30N6O4S2.ClH/c1-35(23-13-9-21(10-14-23)29-31-17-18-32-29)41(37,38)27-7-3-6-26-25(27)5-4-8-28(26)42(39,40)36(2)24-15-11-22(12-16-24)30-33-19-20-34-30;/h3-16H,17-20H2,1-2H3,(H,31,32)(H,33,34);1H. The van der Waals surface area contributed by atoms with Gasteiger partial charge >= 0.3 is 0 Å². The fourth-order valence-electron chi connectivity index (χ4n) is 5.12. The van der Waals surface area contributed by atoms with E-state index in [1.165, 1.54) is 34.8 Å². The predicted molar refractivity (Wildman–Crippen MR) is 174 cm³/mol. The Labute approximate surface area is 257 Å². The Kier molecular flexibility index (Phi) is 8.37. The van der Waals surface area contributed by atoms with Crippen molar-refractivity contribution in [3.63, 3.8) is 0 Å². The largest absolute Gasteiger partial charge is 0.368 e. The minimum Gasteiger partial charge on any atom is -0.368 e. The van der Waals surface area contributed by atoms with Gasteiger partial charge in [-0.15, -0.1) is 12.4 Å². The first kappa shape index (κ1) is 30.3. The lowest BCUT2D eigenvalue weighted by molar-refractivity contribution is 0.593. The molecule has 13 heteroatoms. The number of nitrogens with one attached hydrogen (secondary N) is 2. The molecule has 2 aliphatic rings. The number of amidine groups is 2. The molecule has 43 heavy (non-hydrogen) atoms. The van der Waals surface area contributed by atoms with E-state index in [0.29, 0.717) is 35.2 Å². The van der Waals surface area contributed by atoms with Crippen LogP contribution < -0.4 is 19.2 Å². The normalized spacial score (nSPS) is 14.7. The Balaban J connectivity index is 0.00000368. The van der Waals surface area contributed by atoms with E-state index in [2.05, 4.69) is 20.6 Å². The van der Waals surface area contributed by atoms with E-state index in [1.54, 1.807) is 48.5 Å². The van der Waals surface area contributed by atoms with Crippen LogP contribution in [0, 0.1) is 0 Å². The number of fused-ring (bicyclic) bond motifs is 1. The number of rotatable bonds is 8. The average Bonchev–Trinajstić information content (AvgIpc) is 3.75. The zero-order chi connectivity index (χ0) is 29.5. The smallest absolute Gasteiger partial charge is 0.264 e. The van der Waals surface area contributed by atoms with Gasteiger partial charge in [0, 0.05) is 49.1 Å². The molecule has 0 atom stereocenters. The number of aliphatic imine (C=N–C) groups is 2. The molecule has 2 heterocycles.